The van der Waals surface area contributed by atoms with Gasteiger partial charge in [-0.15, -0.1) is 11.8 Å². The number of fused-ring (bicyclic) bond motifs is 1. The number of rotatable bonds is 10. The highest BCUT2D eigenvalue weighted by Gasteiger charge is 2.75. The second kappa shape index (κ2) is 10.5. The molecule has 0 aromatic heterocycles. The molecule has 1 aromatic rings. The van der Waals surface area contributed by atoms with Crippen molar-refractivity contribution in [3.05, 3.63) is 29.3 Å². The number of nitrogens with one attached hydrogen (secondary N) is 2. The number of benzene rings is 1. The minimum Gasteiger partial charge on any atom is -0.396 e. The molecular weight excluding hydrogens is 462 g/mol. The summed E-state index contributed by atoms with van der Waals surface area (Å²) in [4.78, 5) is 43.0. The second-order valence-corrected chi connectivity index (χ2v) is 12.0. The molecule has 2 bridgehead atoms. The van der Waals surface area contributed by atoms with Crippen LogP contribution in [0.3, 0.4) is 0 Å². The summed E-state index contributed by atoms with van der Waals surface area (Å²) in [7, 11) is 0. The summed E-state index contributed by atoms with van der Waals surface area (Å²) in [6.07, 6.45) is 3.86. The largest absolute Gasteiger partial charge is 0.396 e. The van der Waals surface area contributed by atoms with Crippen molar-refractivity contribution >= 4 is 35.2 Å². The Balaban J connectivity index is 1.69. The van der Waals surface area contributed by atoms with Crippen molar-refractivity contribution in [2.45, 2.75) is 75.8 Å². The smallest absolute Gasteiger partial charge is 0.248 e. The van der Waals surface area contributed by atoms with Crippen LogP contribution in [0.25, 0.3) is 0 Å². The summed E-state index contributed by atoms with van der Waals surface area (Å²) >= 11 is 1.71. The molecule has 7 nitrogen and oxygen atoms in total. The van der Waals surface area contributed by atoms with E-state index in [1.54, 1.807) is 16.7 Å². The molecule has 3 aliphatic heterocycles. The van der Waals surface area contributed by atoms with Crippen LogP contribution in [0.1, 0.15) is 57.1 Å². The zero-order valence-electron chi connectivity index (χ0n) is 21.3. The molecule has 3 saturated heterocycles. The highest BCUT2D eigenvalue weighted by molar-refractivity contribution is 8.02. The van der Waals surface area contributed by atoms with E-state index < -0.39 is 22.6 Å². The molecule has 3 amide bonds. The molecule has 3 unspecified atom stereocenters. The molecule has 6 atom stereocenters. The first-order valence-corrected chi connectivity index (χ1v) is 13.9. The van der Waals surface area contributed by atoms with Gasteiger partial charge in [0.25, 0.3) is 0 Å². The van der Waals surface area contributed by atoms with Crippen LogP contribution in [0, 0.1) is 31.6 Å². The van der Waals surface area contributed by atoms with E-state index in [1.807, 2.05) is 39.0 Å². The Bertz CT molecular complexity index is 965. The van der Waals surface area contributed by atoms with E-state index in [1.165, 1.54) is 0 Å². The van der Waals surface area contributed by atoms with E-state index >= 15 is 0 Å². The van der Waals surface area contributed by atoms with Gasteiger partial charge in [0.2, 0.25) is 17.7 Å². The molecule has 1 aromatic carbocycles. The number of nitrogens with zero attached hydrogens (tertiary/aromatic N) is 1. The van der Waals surface area contributed by atoms with Crippen molar-refractivity contribution in [1.29, 1.82) is 0 Å². The van der Waals surface area contributed by atoms with Gasteiger partial charge < -0.3 is 20.6 Å². The Kier molecular flexibility index (Phi) is 7.81. The lowest BCUT2D eigenvalue weighted by Gasteiger charge is -2.38. The summed E-state index contributed by atoms with van der Waals surface area (Å²) in [5.41, 5.74) is 2.77. The topological polar surface area (TPSA) is 98.7 Å². The number of hydrogen-bond donors (Lipinski definition) is 3. The third kappa shape index (κ3) is 4.37. The average Bonchev–Trinajstić information content (AvgIpc) is 3.41. The molecule has 4 rings (SSSR count). The normalized spacial score (nSPS) is 31.1. The number of likely N-dealkylation sites (tertiary alicyclic amines) is 1. The van der Waals surface area contributed by atoms with Gasteiger partial charge in [-0.1, -0.05) is 32.0 Å². The Hall–Kier alpha value is -2.06. The van der Waals surface area contributed by atoms with E-state index in [2.05, 4.69) is 17.6 Å². The molecule has 0 saturated carbocycles. The first-order valence-electron chi connectivity index (χ1n) is 13.0. The Morgan fingerprint density at radius 1 is 1.17 bits per heavy atom. The van der Waals surface area contributed by atoms with E-state index in [9.17, 15) is 19.5 Å². The van der Waals surface area contributed by atoms with E-state index in [4.69, 9.17) is 0 Å². The lowest BCUT2D eigenvalue weighted by molar-refractivity contribution is -0.139. The molecule has 35 heavy (non-hydrogen) atoms. The first kappa shape index (κ1) is 26.0. The third-order valence-electron chi connectivity index (χ3n) is 8.13. The van der Waals surface area contributed by atoms with Gasteiger partial charge in [0.1, 0.15) is 6.04 Å². The summed E-state index contributed by atoms with van der Waals surface area (Å²) < 4.78 is -0.604. The number of para-hydroxylation sites is 1. The van der Waals surface area contributed by atoms with Crippen LogP contribution in [0.2, 0.25) is 0 Å². The lowest BCUT2D eigenvalue weighted by Crippen LogP contribution is -2.55. The molecule has 3 aliphatic rings. The van der Waals surface area contributed by atoms with Gasteiger partial charge in [-0.2, -0.15) is 0 Å². The molecule has 192 valence electrons. The first-order chi connectivity index (χ1) is 16.8. The Morgan fingerprint density at radius 3 is 2.54 bits per heavy atom. The average molecular weight is 502 g/mol. The lowest BCUT2D eigenvalue weighted by atomic mass is 9.66. The van der Waals surface area contributed by atoms with Gasteiger partial charge in [0, 0.05) is 30.6 Å². The summed E-state index contributed by atoms with van der Waals surface area (Å²) in [5, 5.41) is 15.5. The standard InChI is InChI=1S/C27H39N3O4S/c1-5-12-28-24(32)20-19-15-18(4)27(35-19)21(20)26(34)30(13-7-6-8-14-31)23(27)25(33)29-22-16(2)10-9-11-17(22)3/h9-11,18-21,23,31H,5-8,12-15H2,1-4H3,(H,28,32)(H,29,33)/t18?,19-,20+,21-,23?,27?/m0/s1. The van der Waals surface area contributed by atoms with Gasteiger partial charge in [0.15, 0.2) is 0 Å². The highest BCUT2D eigenvalue weighted by atomic mass is 32.2. The monoisotopic (exact) mass is 501 g/mol. The molecule has 3 heterocycles. The van der Waals surface area contributed by atoms with Gasteiger partial charge in [-0.3, -0.25) is 14.4 Å². The maximum atomic E-state index is 14.0. The summed E-state index contributed by atoms with van der Waals surface area (Å²) in [6, 6.07) is 5.30. The Labute approximate surface area is 212 Å². The minimum absolute atomic E-state index is 0.0486. The molecule has 3 N–H and O–H groups in total. The predicted octanol–water partition coefficient (Wildman–Crippen LogP) is 3.27. The van der Waals surface area contributed by atoms with Gasteiger partial charge in [-0.25, -0.2) is 0 Å². The van der Waals surface area contributed by atoms with Gasteiger partial charge in [0.05, 0.1) is 16.6 Å². The van der Waals surface area contributed by atoms with Crippen LogP contribution in [0.4, 0.5) is 5.69 Å². The van der Waals surface area contributed by atoms with Crippen LogP contribution in [-0.2, 0) is 14.4 Å². The number of anilines is 1. The summed E-state index contributed by atoms with van der Waals surface area (Å²) in [5.74, 6) is -0.993. The van der Waals surface area contributed by atoms with Gasteiger partial charge in [-0.05, 0) is 63.0 Å². The molecule has 3 fully saturated rings. The number of aliphatic hydroxyl groups is 1. The minimum atomic E-state index is -0.623. The van der Waals surface area contributed by atoms with E-state index in [-0.39, 0.29) is 35.5 Å². The van der Waals surface area contributed by atoms with Crippen molar-refractivity contribution in [3.63, 3.8) is 0 Å². The fourth-order valence-electron chi connectivity index (χ4n) is 6.50. The number of carbonyl (C=O) groups excluding carboxylic acids is 3. The number of carbonyl (C=O) groups is 3. The van der Waals surface area contributed by atoms with Crippen LogP contribution >= 0.6 is 11.8 Å². The second-order valence-electron chi connectivity index (χ2n) is 10.4. The van der Waals surface area contributed by atoms with Crippen LogP contribution in [-0.4, -0.2) is 63.5 Å². The number of amides is 3. The quantitative estimate of drug-likeness (QED) is 0.428. The third-order valence-corrected chi connectivity index (χ3v) is 10.2. The number of aryl methyl sites for hydroxylation is 2. The van der Waals surface area contributed by atoms with E-state index in [0.717, 1.165) is 42.5 Å². The Morgan fingerprint density at radius 2 is 1.89 bits per heavy atom. The molecular formula is C27H39N3O4S. The molecule has 1 spiro atoms. The maximum Gasteiger partial charge on any atom is 0.248 e. The van der Waals surface area contributed by atoms with Crippen molar-refractivity contribution in [2.75, 3.05) is 25.0 Å². The molecule has 0 aliphatic carbocycles. The predicted molar refractivity (Wildman–Crippen MR) is 139 cm³/mol. The summed E-state index contributed by atoms with van der Waals surface area (Å²) in [6.45, 7) is 9.28. The van der Waals surface area contributed by atoms with E-state index in [0.29, 0.717) is 19.5 Å². The molecule has 0 radical (unpaired) electrons. The number of aliphatic hydroxyl groups excluding tert-OH is 1. The number of hydrogen-bond acceptors (Lipinski definition) is 5. The van der Waals surface area contributed by atoms with Crippen LogP contribution in [0.15, 0.2) is 18.2 Å². The number of unbranched alkanes of at least 4 members (excludes halogenated alkanes) is 2. The fraction of sp³-hybridized carbons (Fsp3) is 0.667. The van der Waals surface area contributed by atoms with Crippen molar-refractivity contribution in [3.8, 4) is 0 Å². The number of thioether (sulfide) groups is 1. The van der Waals surface area contributed by atoms with Crippen LogP contribution < -0.4 is 10.6 Å². The maximum absolute atomic E-state index is 14.0. The fourth-order valence-corrected chi connectivity index (χ4v) is 8.92. The SMILES string of the molecule is CCCNC(=O)[C@@H]1[C@@H]2CC(C)C3(S2)C(C(=O)Nc2c(C)cccc2C)N(CCCCCO)C(=O)[C@H]13. The zero-order chi connectivity index (χ0) is 25.3. The van der Waals surface area contributed by atoms with Crippen molar-refractivity contribution in [1.82, 2.24) is 10.2 Å². The molecule has 8 heteroatoms. The van der Waals surface area contributed by atoms with Crippen LogP contribution in [0.5, 0.6) is 0 Å². The van der Waals surface area contributed by atoms with Crippen molar-refractivity contribution < 1.29 is 19.5 Å². The zero-order valence-corrected chi connectivity index (χ0v) is 22.1. The van der Waals surface area contributed by atoms with Crippen molar-refractivity contribution in [2.24, 2.45) is 17.8 Å². The highest BCUT2D eigenvalue weighted by Crippen LogP contribution is 2.68. The van der Waals surface area contributed by atoms with Gasteiger partial charge >= 0.3 is 0 Å².